The van der Waals surface area contributed by atoms with Crippen molar-refractivity contribution in [2.75, 3.05) is 33.0 Å². The molecule has 5 N–H and O–H groups in total. The molecule has 0 unspecified atom stereocenters. The zero-order valence-corrected chi connectivity index (χ0v) is 19.6. The molecule has 2 aliphatic heterocycles. The molecule has 0 amide bonds. The van der Waals surface area contributed by atoms with Crippen molar-refractivity contribution in [2.24, 2.45) is 17.0 Å². The van der Waals surface area contributed by atoms with Crippen molar-refractivity contribution in [2.45, 2.75) is 59.4 Å². The number of rotatable bonds is 3. The van der Waals surface area contributed by atoms with Gasteiger partial charge in [-0.25, -0.2) is 5.01 Å². The normalized spacial score (nSPS) is 20.8. The Morgan fingerprint density at radius 2 is 2.00 bits per heavy atom. The van der Waals surface area contributed by atoms with Crippen molar-refractivity contribution in [1.29, 1.82) is 0 Å². The number of nitrogens with two attached hydrogens (primary N) is 2. The number of aromatic amines is 1. The summed E-state index contributed by atoms with van der Waals surface area (Å²) >= 11 is 0. The lowest BCUT2D eigenvalue weighted by molar-refractivity contribution is -0.0652. The first-order valence-corrected chi connectivity index (χ1v) is 11.7. The first kappa shape index (κ1) is 23.8. The van der Waals surface area contributed by atoms with Crippen LogP contribution >= 0.6 is 0 Å². The summed E-state index contributed by atoms with van der Waals surface area (Å²) in [4.78, 5) is 5.88. The molecule has 1 aromatic carbocycles. The van der Waals surface area contributed by atoms with Crippen LogP contribution in [0.15, 0.2) is 36.2 Å². The number of nitrogens with one attached hydrogen (secondary N) is 1. The van der Waals surface area contributed by atoms with Crippen molar-refractivity contribution >= 4 is 10.9 Å². The van der Waals surface area contributed by atoms with Crippen LogP contribution in [0, 0.1) is 12.3 Å². The highest BCUT2D eigenvalue weighted by atomic mass is 16.5. The number of hydrazine groups is 1. The van der Waals surface area contributed by atoms with Gasteiger partial charge in [0.25, 0.3) is 0 Å². The van der Waals surface area contributed by atoms with E-state index < -0.39 is 0 Å². The van der Waals surface area contributed by atoms with Gasteiger partial charge in [-0.3, -0.25) is 10.7 Å². The fourth-order valence-electron chi connectivity index (χ4n) is 4.78. The Morgan fingerprint density at radius 3 is 2.68 bits per heavy atom. The Bertz CT molecular complexity index is 835. The van der Waals surface area contributed by atoms with Gasteiger partial charge < -0.3 is 15.5 Å². The Hall–Kier alpha value is -1.86. The molecule has 172 valence electrons. The van der Waals surface area contributed by atoms with Crippen LogP contribution in [0.3, 0.4) is 0 Å². The van der Waals surface area contributed by atoms with Gasteiger partial charge in [-0.1, -0.05) is 31.2 Å². The van der Waals surface area contributed by atoms with E-state index in [0.29, 0.717) is 5.41 Å². The number of piperidine rings is 1. The summed E-state index contributed by atoms with van der Waals surface area (Å²) in [5, 5.41) is 3.30. The number of H-pyrrole nitrogens is 1. The van der Waals surface area contributed by atoms with E-state index in [2.05, 4.69) is 48.1 Å². The highest BCUT2D eigenvalue weighted by molar-refractivity contribution is 5.85. The molecular formula is C25H41N5O. The maximum Gasteiger partial charge on any atom is 0.0993 e. The molecule has 4 rings (SSSR count). The van der Waals surface area contributed by atoms with Gasteiger partial charge in [-0.2, -0.15) is 0 Å². The number of nitrogens with zero attached hydrogens (tertiary/aromatic N) is 2. The summed E-state index contributed by atoms with van der Waals surface area (Å²) < 4.78 is 6.16. The van der Waals surface area contributed by atoms with E-state index in [0.717, 1.165) is 51.6 Å². The van der Waals surface area contributed by atoms with E-state index in [-0.39, 0.29) is 0 Å². The lowest BCUT2D eigenvalue weighted by Crippen LogP contribution is -2.47. The van der Waals surface area contributed by atoms with Crippen molar-refractivity contribution in [3.63, 3.8) is 0 Å². The van der Waals surface area contributed by atoms with Gasteiger partial charge in [0, 0.05) is 49.0 Å². The fourth-order valence-corrected chi connectivity index (χ4v) is 4.78. The Labute approximate surface area is 187 Å². The number of fused-ring (bicyclic) bond motifs is 1. The van der Waals surface area contributed by atoms with Crippen LogP contribution in [0.25, 0.3) is 10.9 Å². The second-order valence-corrected chi connectivity index (χ2v) is 9.34. The van der Waals surface area contributed by atoms with Crippen molar-refractivity contribution in [3.8, 4) is 0 Å². The number of aryl methyl sites for hydroxylation is 1. The molecular weight excluding hydrogens is 386 g/mol. The van der Waals surface area contributed by atoms with Crippen LogP contribution in [0.1, 0.15) is 57.1 Å². The van der Waals surface area contributed by atoms with Gasteiger partial charge in [-0.05, 0) is 62.5 Å². The molecule has 2 saturated heterocycles. The van der Waals surface area contributed by atoms with Gasteiger partial charge in [0.2, 0.25) is 0 Å². The summed E-state index contributed by atoms with van der Waals surface area (Å²) in [5.74, 6) is 5.93. The van der Waals surface area contributed by atoms with Gasteiger partial charge in [-0.15, -0.1) is 0 Å². The third-order valence-electron chi connectivity index (χ3n) is 6.65. The molecule has 0 aliphatic carbocycles. The Morgan fingerprint density at radius 1 is 1.23 bits per heavy atom. The molecule has 31 heavy (non-hydrogen) atoms. The highest BCUT2D eigenvalue weighted by Gasteiger charge is 2.35. The molecule has 0 atom stereocenters. The number of ether oxygens (including phenoxy) is 1. The third kappa shape index (κ3) is 6.56. The maximum absolute atomic E-state index is 6.16. The average molecular weight is 428 g/mol. The molecule has 1 aromatic heterocycles. The van der Waals surface area contributed by atoms with Crippen LogP contribution in [-0.4, -0.2) is 47.9 Å². The zero-order valence-electron chi connectivity index (χ0n) is 19.6. The summed E-state index contributed by atoms with van der Waals surface area (Å²) in [5.41, 5.74) is 10.5. The van der Waals surface area contributed by atoms with Crippen LogP contribution in [0.4, 0.5) is 0 Å². The molecule has 3 heterocycles. The summed E-state index contributed by atoms with van der Waals surface area (Å²) in [6.07, 6.45) is 10.0. The van der Waals surface area contributed by atoms with Crippen LogP contribution in [0.2, 0.25) is 0 Å². The van der Waals surface area contributed by atoms with Crippen molar-refractivity contribution in [3.05, 3.63) is 47.3 Å². The first-order chi connectivity index (χ1) is 14.9. The smallest absolute Gasteiger partial charge is 0.0993 e. The number of hydrogen-bond acceptors (Lipinski definition) is 5. The SMILES string of the molecule is CC/C=C(/C)N.Cc1cccc2c(CN3CCCC4(CCN(N)CC4)COC3)c[nH]c12. The van der Waals surface area contributed by atoms with Crippen LogP contribution in [-0.2, 0) is 11.3 Å². The average Bonchev–Trinajstić information content (AvgIpc) is 3.13. The summed E-state index contributed by atoms with van der Waals surface area (Å²) in [6, 6.07) is 6.52. The molecule has 0 bridgehead atoms. The largest absolute Gasteiger partial charge is 0.403 e. The number of hydrogen-bond donors (Lipinski definition) is 3. The van der Waals surface area contributed by atoms with Crippen LogP contribution < -0.4 is 11.6 Å². The minimum absolute atomic E-state index is 0.361. The highest BCUT2D eigenvalue weighted by Crippen LogP contribution is 2.37. The standard InChI is InChI=1S/C20H30N4O.C5H11N/c1-16-4-2-5-18-17(12-22-19(16)18)13-23-9-3-6-20(14-25-15-23)7-10-24(21)11-8-20;1-3-4-5(2)6/h2,4-5,12,22H,3,6-11,13-15,21H2,1H3;4H,3,6H2,1-2H3/b;5-4-. The lowest BCUT2D eigenvalue weighted by atomic mass is 9.75. The maximum atomic E-state index is 6.16. The summed E-state index contributed by atoms with van der Waals surface area (Å²) in [7, 11) is 0. The van der Waals surface area contributed by atoms with Gasteiger partial charge in [0.15, 0.2) is 0 Å². The van der Waals surface area contributed by atoms with E-state index in [4.69, 9.17) is 16.3 Å². The van der Waals surface area contributed by atoms with E-state index in [1.54, 1.807) is 0 Å². The topological polar surface area (TPSA) is 83.5 Å². The Balaban J connectivity index is 0.000000401. The van der Waals surface area contributed by atoms with Crippen LogP contribution in [0.5, 0.6) is 0 Å². The Kier molecular flexibility index (Phi) is 8.55. The molecule has 2 aliphatic rings. The van der Waals surface area contributed by atoms with Crippen molar-refractivity contribution < 1.29 is 4.74 Å². The van der Waals surface area contributed by atoms with E-state index in [1.165, 1.54) is 47.7 Å². The van der Waals surface area contributed by atoms with E-state index >= 15 is 0 Å². The minimum Gasteiger partial charge on any atom is -0.403 e. The molecule has 6 nitrogen and oxygen atoms in total. The number of para-hydroxylation sites is 1. The number of aromatic nitrogens is 1. The minimum atomic E-state index is 0.361. The number of benzene rings is 1. The lowest BCUT2D eigenvalue weighted by Gasteiger charge is -2.42. The molecule has 2 aromatic rings. The molecule has 0 radical (unpaired) electrons. The van der Waals surface area contributed by atoms with Crippen molar-refractivity contribution in [1.82, 2.24) is 14.9 Å². The fraction of sp³-hybridized carbons (Fsp3) is 0.600. The zero-order chi connectivity index (χ0) is 22.3. The molecule has 2 fully saturated rings. The van der Waals surface area contributed by atoms with E-state index in [9.17, 15) is 0 Å². The third-order valence-corrected chi connectivity index (χ3v) is 6.65. The van der Waals surface area contributed by atoms with Gasteiger partial charge >= 0.3 is 0 Å². The summed E-state index contributed by atoms with van der Waals surface area (Å²) in [6.45, 7) is 11.8. The second kappa shape index (κ2) is 11.1. The monoisotopic (exact) mass is 427 g/mol. The quantitative estimate of drug-likeness (QED) is 0.638. The number of allylic oxidation sites excluding steroid dienone is 2. The molecule has 6 heteroatoms. The van der Waals surface area contributed by atoms with Gasteiger partial charge in [0.1, 0.15) is 0 Å². The molecule has 1 spiro atoms. The molecule has 0 saturated carbocycles. The predicted molar refractivity (Wildman–Crippen MR) is 129 cm³/mol. The van der Waals surface area contributed by atoms with E-state index in [1.807, 2.05) is 18.0 Å². The second-order valence-electron chi connectivity index (χ2n) is 9.34. The first-order valence-electron chi connectivity index (χ1n) is 11.7. The van der Waals surface area contributed by atoms with Gasteiger partial charge in [0.05, 0.1) is 13.3 Å². The predicted octanol–water partition coefficient (Wildman–Crippen LogP) is 4.26.